The average molecular weight is 363 g/mol. The molecule has 0 aliphatic carbocycles. The Balaban J connectivity index is 2.10. The van der Waals surface area contributed by atoms with Gasteiger partial charge in [0.05, 0.1) is 6.04 Å². The third-order valence-corrected chi connectivity index (χ3v) is 3.88. The molecule has 0 saturated heterocycles. The largest absolute Gasteiger partial charge is 0.481 e. The first kappa shape index (κ1) is 19.7. The van der Waals surface area contributed by atoms with Crippen LogP contribution in [0.2, 0.25) is 0 Å². The molecule has 0 aliphatic heterocycles. The van der Waals surface area contributed by atoms with Crippen LogP contribution in [0.1, 0.15) is 30.0 Å². The Kier molecular flexibility index (Phi) is 7.61. The number of nitrogens with one attached hydrogen (secondary N) is 2. The van der Waals surface area contributed by atoms with Crippen LogP contribution in [-0.4, -0.2) is 23.5 Å². The molecule has 2 rings (SSSR count). The molecule has 0 radical (unpaired) electrons. The molecule has 0 aromatic heterocycles. The van der Waals surface area contributed by atoms with Crippen LogP contribution in [0.4, 0.5) is 0 Å². The van der Waals surface area contributed by atoms with Crippen LogP contribution < -0.4 is 10.6 Å². The first-order valence-corrected chi connectivity index (χ1v) is 8.58. The van der Waals surface area contributed by atoms with Crippen molar-refractivity contribution < 1.29 is 14.7 Å². The SMILES string of the molecule is N#C/C(=C/NC(c1ccccc1)c1ccccc1)C(=O)NCCCC(=O)O. The van der Waals surface area contributed by atoms with Crippen LogP contribution >= 0.6 is 0 Å². The highest BCUT2D eigenvalue weighted by Gasteiger charge is 2.14. The summed E-state index contributed by atoms with van der Waals surface area (Å²) < 4.78 is 0. The van der Waals surface area contributed by atoms with E-state index in [1.807, 2.05) is 66.7 Å². The Hall–Kier alpha value is -3.59. The summed E-state index contributed by atoms with van der Waals surface area (Å²) in [7, 11) is 0. The zero-order valence-electron chi connectivity index (χ0n) is 14.8. The molecule has 0 saturated carbocycles. The highest BCUT2D eigenvalue weighted by Crippen LogP contribution is 2.21. The van der Waals surface area contributed by atoms with Crippen LogP contribution in [0, 0.1) is 11.3 Å². The first-order chi connectivity index (χ1) is 13.1. The van der Waals surface area contributed by atoms with Crippen LogP contribution in [0.25, 0.3) is 0 Å². The number of nitriles is 1. The molecular formula is C21H21N3O3. The summed E-state index contributed by atoms with van der Waals surface area (Å²) in [6.45, 7) is 0.199. The fraction of sp³-hybridized carbons (Fsp3) is 0.190. The number of aliphatic carboxylic acids is 1. The summed E-state index contributed by atoms with van der Waals surface area (Å²) in [6, 6.07) is 21.1. The molecule has 0 atom stereocenters. The van der Waals surface area contributed by atoms with E-state index in [1.165, 1.54) is 6.20 Å². The van der Waals surface area contributed by atoms with Gasteiger partial charge in [0.25, 0.3) is 5.91 Å². The number of hydrogen-bond acceptors (Lipinski definition) is 4. The fourth-order valence-electron chi connectivity index (χ4n) is 2.53. The second kappa shape index (κ2) is 10.4. The van der Waals surface area contributed by atoms with Crippen LogP contribution in [0.5, 0.6) is 0 Å². The minimum atomic E-state index is -0.921. The predicted molar refractivity (Wildman–Crippen MR) is 101 cm³/mol. The van der Waals surface area contributed by atoms with E-state index in [9.17, 15) is 14.9 Å². The smallest absolute Gasteiger partial charge is 0.303 e. The first-order valence-electron chi connectivity index (χ1n) is 8.58. The minimum Gasteiger partial charge on any atom is -0.481 e. The monoisotopic (exact) mass is 363 g/mol. The molecular weight excluding hydrogens is 342 g/mol. The van der Waals surface area contributed by atoms with Gasteiger partial charge in [0.1, 0.15) is 11.6 Å². The maximum absolute atomic E-state index is 12.1. The molecule has 0 fully saturated rings. The van der Waals surface area contributed by atoms with E-state index in [-0.39, 0.29) is 24.6 Å². The van der Waals surface area contributed by atoms with Gasteiger partial charge in [0.2, 0.25) is 0 Å². The Morgan fingerprint density at radius 3 is 2.07 bits per heavy atom. The number of rotatable bonds is 9. The standard InChI is InChI=1S/C21H21N3O3/c22-14-18(21(27)23-13-7-12-19(25)26)15-24-20(16-8-3-1-4-9-16)17-10-5-2-6-11-17/h1-6,8-11,15,20,24H,7,12-13H2,(H,23,27)(H,25,26)/b18-15-. The van der Waals surface area contributed by atoms with Crippen molar-refractivity contribution >= 4 is 11.9 Å². The van der Waals surface area contributed by atoms with Gasteiger partial charge in [-0.3, -0.25) is 9.59 Å². The maximum atomic E-state index is 12.1. The van der Waals surface area contributed by atoms with E-state index in [1.54, 1.807) is 0 Å². The summed E-state index contributed by atoms with van der Waals surface area (Å²) in [6.07, 6.45) is 1.68. The quantitative estimate of drug-likeness (QED) is 0.361. The van der Waals surface area contributed by atoms with E-state index in [0.29, 0.717) is 6.42 Å². The molecule has 3 N–H and O–H groups in total. The number of amides is 1. The summed E-state index contributed by atoms with van der Waals surface area (Å²) in [5, 5.41) is 23.6. The molecule has 0 bridgehead atoms. The third-order valence-electron chi connectivity index (χ3n) is 3.88. The van der Waals surface area contributed by atoms with Crippen molar-refractivity contribution in [2.75, 3.05) is 6.54 Å². The van der Waals surface area contributed by atoms with Gasteiger partial charge >= 0.3 is 5.97 Å². The van der Waals surface area contributed by atoms with Crippen LogP contribution in [-0.2, 0) is 9.59 Å². The summed E-state index contributed by atoms with van der Waals surface area (Å²) >= 11 is 0. The van der Waals surface area contributed by atoms with Crippen molar-refractivity contribution in [1.29, 1.82) is 5.26 Å². The lowest BCUT2D eigenvalue weighted by atomic mass is 9.99. The molecule has 0 spiro atoms. The zero-order chi connectivity index (χ0) is 19.5. The van der Waals surface area contributed by atoms with Crippen molar-refractivity contribution in [2.24, 2.45) is 0 Å². The molecule has 1 amide bonds. The minimum absolute atomic E-state index is 0.0335. The van der Waals surface area contributed by atoms with E-state index in [4.69, 9.17) is 5.11 Å². The van der Waals surface area contributed by atoms with Gasteiger partial charge in [-0.2, -0.15) is 5.26 Å². The number of benzene rings is 2. The van der Waals surface area contributed by atoms with Gasteiger partial charge in [0.15, 0.2) is 0 Å². The van der Waals surface area contributed by atoms with Crippen molar-refractivity contribution in [1.82, 2.24) is 10.6 Å². The van der Waals surface area contributed by atoms with Gasteiger partial charge in [0, 0.05) is 19.2 Å². The van der Waals surface area contributed by atoms with Crippen molar-refractivity contribution in [3.8, 4) is 6.07 Å². The molecule has 0 unspecified atom stereocenters. The van der Waals surface area contributed by atoms with Gasteiger partial charge in [-0.1, -0.05) is 60.7 Å². The number of carbonyl (C=O) groups is 2. The molecule has 0 heterocycles. The summed E-state index contributed by atoms with van der Waals surface area (Å²) in [4.78, 5) is 22.6. The molecule has 6 nitrogen and oxygen atoms in total. The second-order valence-corrected chi connectivity index (χ2v) is 5.84. The lowest BCUT2D eigenvalue weighted by Crippen LogP contribution is -2.27. The van der Waals surface area contributed by atoms with E-state index in [0.717, 1.165) is 11.1 Å². The van der Waals surface area contributed by atoms with Crippen molar-refractivity contribution in [3.05, 3.63) is 83.6 Å². The molecule has 27 heavy (non-hydrogen) atoms. The van der Waals surface area contributed by atoms with Gasteiger partial charge in [-0.05, 0) is 17.5 Å². The average Bonchev–Trinajstić information content (AvgIpc) is 2.70. The number of carboxylic acids is 1. The predicted octanol–water partition coefficient (Wildman–Crippen LogP) is 2.75. The van der Waals surface area contributed by atoms with E-state index in [2.05, 4.69) is 10.6 Å². The van der Waals surface area contributed by atoms with Gasteiger partial charge in [-0.25, -0.2) is 0 Å². The highest BCUT2D eigenvalue weighted by molar-refractivity contribution is 5.97. The Bertz CT molecular complexity index is 787. The van der Waals surface area contributed by atoms with Gasteiger partial charge in [-0.15, -0.1) is 0 Å². The second-order valence-electron chi connectivity index (χ2n) is 5.84. The van der Waals surface area contributed by atoms with Crippen molar-refractivity contribution in [3.63, 3.8) is 0 Å². The van der Waals surface area contributed by atoms with E-state index >= 15 is 0 Å². The van der Waals surface area contributed by atoms with E-state index < -0.39 is 11.9 Å². The molecule has 6 heteroatoms. The molecule has 138 valence electrons. The summed E-state index contributed by atoms with van der Waals surface area (Å²) in [5.41, 5.74) is 1.93. The third kappa shape index (κ3) is 6.33. The van der Waals surface area contributed by atoms with Crippen LogP contribution in [0.15, 0.2) is 72.4 Å². The maximum Gasteiger partial charge on any atom is 0.303 e. The lowest BCUT2D eigenvalue weighted by Gasteiger charge is -2.19. The lowest BCUT2D eigenvalue weighted by molar-refractivity contribution is -0.137. The Labute approximate surface area is 158 Å². The highest BCUT2D eigenvalue weighted by atomic mass is 16.4. The number of carbonyl (C=O) groups excluding carboxylic acids is 1. The zero-order valence-corrected chi connectivity index (χ0v) is 14.8. The van der Waals surface area contributed by atoms with Crippen molar-refractivity contribution in [2.45, 2.75) is 18.9 Å². The molecule has 0 aliphatic rings. The summed E-state index contributed by atoms with van der Waals surface area (Å²) in [5.74, 6) is -1.45. The fourth-order valence-corrected chi connectivity index (χ4v) is 2.53. The topological polar surface area (TPSA) is 102 Å². The Morgan fingerprint density at radius 1 is 1.04 bits per heavy atom. The number of nitrogens with zero attached hydrogens (tertiary/aromatic N) is 1. The Morgan fingerprint density at radius 2 is 1.59 bits per heavy atom. The molecule has 2 aromatic carbocycles. The number of carboxylic acid groups (broad SMARTS) is 1. The van der Waals surface area contributed by atoms with Gasteiger partial charge < -0.3 is 15.7 Å². The number of hydrogen-bond donors (Lipinski definition) is 3. The normalized spacial score (nSPS) is 10.9. The van der Waals surface area contributed by atoms with Crippen LogP contribution in [0.3, 0.4) is 0 Å². The molecule has 2 aromatic rings.